The minimum atomic E-state index is -1.18. The number of carbonyl (C=O) groups excluding carboxylic acids is 1. The minimum absolute atomic E-state index is 0. The van der Waals surface area contributed by atoms with Gasteiger partial charge >= 0.3 is 27.7 Å². The van der Waals surface area contributed by atoms with Gasteiger partial charge in [-0.05, 0) is 20.3 Å². The molecule has 104 valence electrons. The van der Waals surface area contributed by atoms with Crippen LogP contribution in [0.5, 0.6) is 0 Å². The molecule has 1 fully saturated rings. The van der Waals surface area contributed by atoms with E-state index in [1.165, 1.54) is 0 Å². The van der Waals surface area contributed by atoms with E-state index in [1.807, 2.05) is 0 Å². The van der Waals surface area contributed by atoms with Gasteiger partial charge in [-0.25, -0.2) is 0 Å². The summed E-state index contributed by atoms with van der Waals surface area (Å²) in [5, 5.41) is 37.6. The molecule has 3 N–H and O–H groups in total. The summed E-state index contributed by atoms with van der Waals surface area (Å²) < 4.78 is 0. The first-order valence-corrected chi connectivity index (χ1v) is 5.72. The van der Waals surface area contributed by atoms with Crippen molar-refractivity contribution in [1.82, 2.24) is 4.90 Å². The van der Waals surface area contributed by atoms with Crippen molar-refractivity contribution in [2.24, 2.45) is 4.99 Å². The molecule has 0 amide bonds. The molecule has 0 saturated carbocycles. The van der Waals surface area contributed by atoms with E-state index in [-0.39, 0.29) is 27.7 Å². The SMILES string of the molecule is CC(=O)[O-].[CH2]C1[C@@H](O)[C@H](O)[C@H](O)C2=NCCCN21.[Hg+]. The van der Waals surface area contributed by atoms with Crippen molar-refractivity contribution in [2.45, 2.75) is 37.7 Å². The largest absolute Gasteiger partial charge is 1.00 e. The molecule has 2 radical (unpaired) electrons. The molecule has 2 rings (SSSR count). The number of carboxylic acids is 1. The number of fused-ring (bicyclic) bond motifs is 1. The summed E-state index contributed by atoms with van der Waals surface area (Å²) in [4.78, 5) is 14.8. The van der Waals surface area contributed by atoms with E-state index in [0.717, 1.165) is 19.9 Å². The molecule has 19 heavy (non-hydrogen) atoms. The molecule has 0 bridgehead atoms. The number of aliphatic imine (C=N–C) groups is 1. The normalized spacial score (nSPS) is 33.1. The summed E-state index contributed by atoms with van der Waals surface area (Å²) in [7, 11) is 0. The molecule has 1 unspecified atom stereocenters. The fraction of sp³-hybridized carbons (Fsp3) is 0.727. The van der Waals surface area contributed by atoms with Crippen molar-refractivity contribution in [3.8, 4) is 0 Å². The zero-order valence-electron chi connectivity index (χ0n) is 10.9. The number of nitrogens with zero attached hydrogens (tertiary/aromatic N) is 2. The Morgan fingerprint density at radius 2 is 1.95 bits per heavy atom. The van der Waals surface area contributed by atoms with Crippen LogP contribution in [-0.4, -0.2) is 69.5 Å². The van der Waals surface area contributed by atoms with Crippen LogP contribution in [0.1, 0.15) is 13.3 Å². The van der Waals surface area contributed by atoms with Gasteiger partial charge in [0.25, 0.3) is 0 Å². The van der Waals surface area contributed by atoms with Gasteiger partial charge in [-0.1, -0.05) is 0 Å². The van der Waals surface area contributed by atoms with Gasteiger partial charge in [0.2, 0.25) is 0 Å². The number of carbonyl (C=O) groups is 1. The summed E-state index contributed by atoms with van der Waals surface area (Å²) in [6.45, 7) is 6.14. The Hall–Kier alpha value is -0.245. The van der Waals surface area contributed by atoms with E-state index in [9.17, 15) is 15.3 Å². The molecule has 0 aromatic rings. The Morgan fingerprint density at radius 3 is 2.47 bits per heavy atom. The number of aliphatic hydroxyl groups excluding tert-OH is 3. The third-order valence-corrected chi connectivity index (χ3v) is 2.86. The van der Waals surface area contributed by atoms with Gasteiger partial charge in [0.05, 0.1) is 6.04 Å². The van der Waals surface area contributed by atoms with Gasteiger partial charge in [-0.3, -0.25) is 4.99 Å². The third-order valence-electron chi connectivity index (χ3n) is 2.86. The van der Waals surface area contributed by atoms with Gasteiger partial charge in [0.1, 0.15) is 24.1 Å². The smallest absolute Gasteiger partial charge is 0.550 e. The maximum absolute atomic E-state index is 9.65. The van der Waals surface area contributed by atoms with Gasteiger partial charge in [0.15, 0.2) is 0 Å². The summed E-state index contributed by atoms with van der Waals surface area (Å²) in [6, 6.07) is -0.424. The number of amidine groups is 1. The van der Waals surface area contributed by atoms with Crippen molar-refractivity contribution in [3.05, 3.63) is 6.92 Å². The predicted molar refractivity (Wildman–Crippen MR) is 61.5 cm³/mol. The zero-order valence-corrected chi connectivity index (χ0v) is 16.4. The van der Waals surface area contributed by atoms with Crippen molar-refractivity contribution in [3.63, 3.8) is 0 Å². The second kappa shape index (κ2) is 8.13. The quantitative estimate of drug-likeness (QED) is 0.336. The molecular formula is C11H18HgN2O5. The van der Waals surface area contributed by atoms with E-state index in [0.29, 0.717) is 12.4 Å². The molecule has 8 heteroatoms. The number of aliphatic hydroxyl groups is 3. The third kappa shape index (κ3) is 4.66. The average molecular weight is 459 g/mol. The monoisotopic (exact) mass is 460 g/mol. The Balaban J connectivity index is 0.000000576. The molecule has 2 heterocycles. The second-order valence-corrected chi connectivity index (χ2v) is 4.27. The van der Waals surface area contributed by atoms with Crippen molar-refractivity contribution in [2.75, 3.05) is 13.1 Å². The number of rotatable bonds is 0. The first-order chi connectivity index (χ1) is 8.36. The maximum atomic E-state index is 9.65. The molecule has 0 aromatic heterocycles. The van der Waals surface area contributed by atoms with Crippen LogP contribution in [0.25, 0.3) is 0 Å². The van der Waals surface area contributed by atoms with Crippen LogP contribution in [0.3, 0.4) is 0 Å². The zero-order chi connectivity index (χ0) is 13.9. The Kier molecular flexibility index (Phi) is 8.03. The van der Waals surface area contributed by atoms with Gasteiger partial charge in [-0.15, -0.1) is 0 Å². The Bertz CT molecular complexity index is 335. The van der Waals surface area contributed by atoms with Crippen LogP contribution in [0.4, 0.5) is 0 Å². The van der Waals surface area contributed by atoms with E-state index < -0.39 is 30.3 Å². The number of carboxylic acid groups (broad SMARTS) is 1. The fourth-order valence-corrected chi connectivity index (χ4v) is 1.99. The standard InChI is InChI=1S/C9H15N2O3.C2H4O2.Hg/c1-5-6(12)7(13)8(14)9-10-3-2-4-11(5)9;1-2(3)4;/h5-8,12-14H,1-4H2;1H3,(H,3,4);/q;;+1/p-1/t5?,6-,7+,8+;;/m1../s1. The molecule has 1 saturated heterocycles. The molecule has 0 aliphatic carbocycles. The molecule has 7 nitrogen and oxygen atoms in total. The van der Waals surface area contributed by atoms with E-state index >= 15 is 0 Å². The molecule has 0 aromatic carbocycles. The van der Waals surface area contributed by atoms with E-state index in [2.05, 4.69) is 11.9 Å². The van der Waals surface area contributed by atoms with Crippen molar-refractivity contribution >= 4 is 11.8 Å². The summed E-state index contributed by atoms with van der Waals surface area (Å²) in [5.74, 6) is -0.617. The van der Waals surface area contributed by atoms with Crippen molar-refractivity contribution < 1.29 is 52.9 Å². The molecular weight excluding hydrogens is 441 g/mol. The van der Waals surface area contributed by atoms with Crippen molar-refractivity contribution in [1.29, 1.82) is 0 Å². The van der Waals surface area contributed by atoms with Crippen LogP contribution in [0.15, 0.2) is 4.99 Å². The van der Waals surface area contributed by atoms with Crippen LogP contribution in [-0.2, 0) is 32.5 Å². The molecule has 2 aliphatic heterocycles. The Morgan fingerprint density at radius 1 is 1.42 bits per heavy atom. The minimum Gasteiger partial charge on any atom is -0.550 e. The number of aliphatic carboxylic acids is 1. The number of piperidine rings is 1. The maximum Gasteiger partial charge on any atom is 1.00 e. The molecule has 0 spiro atoms. The first-order valence-electron chi connectivity index (χ1n) is 5.72. The van der Waals surface area contributed by atoms with Crippen LogP contribution < -0.4 is 5.11 Å². The first kappa shape index (κ1) is 18.8. The van der Waals surface area contributed by atoms with Crippen LogP contribution >= 0.6 is 0 Å². The fourth-order valence-electron chi connectivity index (χ4n) is 1.99. The van der Waals surface area contributed by atoms with Gasteiger partial charge in [-0.2, -0.15) is 0 Å². The molecule has 4 atom stereocenters. The predicted octanol–water partition coefficient (Wildman–Crippen LogP) is -2.86. The van der Waals surface area contributed by atoms with Gasteiger partial charge in [0, 0.05) is 19.1 Å². The number of hydrogen-bond donors (Lipinski definition) is 3. The van der Waals surface area contributed by atoms with E-state index in [4.69, 9.17) is 9.90 Å². The van der Waals surface area contributed by atoms with Crippen LogP contribution in [0.2, 0.25) is 0 Å². The average Bonchev–Trinajstić information content (AvgIpc) is 2.33. The van der Waals surface area contributed by atoms with Gasteiger partial charge < -0.3 is 30.1 Å². The summed E-state index contributed by atoms with van der Waals surface area (Å²) >= 11 is 0. The topological polar surface area (TPSA) is 116 Å². The second-order valence-electron chi connectivity index (χ2n) is 4.27. The summed E-state index contributed by atoms with van der Waals surface area (Å²) in [5.41, 5.74) is 0. The number of hydrogen-bond acceptors (Lipinski definition) is 7. The van der Waals surface area contributed by atoms with E-state index in [1.54, 1.807) is 4.90 Å². The Labute approximate surface area is 132 Å². The summed E-state index contributed by atoms with van der Waals surface area (Å²) in [6.07, 6.45) is -2.37. The molecule has 2 aliphatic rings. The van der Waals surface area contributed by atoms with Crippen LogP contribution in [0, 0.1) is 6.92 Å².